The number of rotatable bonds is 7. The van der Waals surface area contributed by atoms with Crippen molar-refractivity contribution in [1.29, 1.82) is 0 Å². The zero-order valence-electron chi connectivity index (χ0n) is 13.8. The second kappa shape index (κ2) is 8.21. The highest BCUT2D eigenvalue weighted by molar-refractivity contribution is 6.01. The second-order valence-corrected chi connectivity index (χ2v) is 5.91. The van der Waals surface area contributed by atoms with Crippen LogP contribution in [-0.2, 0) is 4.79 Å². The molecule has 1 unspecified atom stereocenters. The zero-order valence-corrected chi connectivity index (χ0v) is 13.8. The van der Waals surface area contributed by atoms with Crippen molar-refractivity contribution in [2.75, 3.05) is 17.3 Å². The third kappa shape index (κ3) is 4.86. The summed E-state index contributed by atoms with van der Waals surface area (Å²) >= 11 is 0. The highest BCUT2D eigenvalue weighted by Gasteiger charge is 2.26. The molecule has 0 amide bonds. The van der Waals surface area contributed by atoms with Gasteiger partial charge in [0.05, 0.1) is 0 Å². The van der Waals surface area contributed by atoms with Gasteiger partial charge in [-0.3, -0.25) is 4.79 Å². The van der Waals surface area contributed by atoms with Gasteiger partial charge < -0.3 is 10.6 Å². The fourth-order valence-corrected chi connectivity index (χ4v) is 2.26. The molecular formula is C15H19F4N5O. The Morgan fingerprint density at radius 1 is 1.08 bits per heavy atom. The lowest BCUT2D eigenvalue weighted by atomic mass is 9.97. The molecule has 1 aliphatic rings. The standard InChI is InChI=1S/C15H19F4N5O/c1-7(2)20-14-22-13(8-4-3-5-10(25)11(8)17)23-15(24-14)21-9(6-16)12(18)19/h7,9,12H,3-6H2,1-2H3,(H2,20,21,22,23,24). The van der Waals surface area contributed by atoms with Crippen molar-refractivity contribution in [3.8, 4) is 0 Å². The summed E-state index contributed by atoms with van der Waals surface area (Å²) in [5.41, 5.74) is 0.00218. The van der Waals surface area contributed by atoms with Gasteiger partial charge in [0.2, 0.25) is 11.9 Å². The van der Waals surface area contributed by atoms with E-state index >= 15 is 0 Å². The first-order valence-corrected chi connectivity index (χ1v) is 7.87. The minimum absolute atomic E-state index is 0.00218. The van der Waals surface area contributed by atoms with Crippen LogP contribution in [0.15, 0.2) is 5.83 Å². The Bertz CT molecular complexity index is 665. The minimum atomic E-state index is -2.97. The molecule has 0 aliphatic heterocycles. The highest BCUT2D eigenvalue weighted by atomic mass is 19.3. The second-order valence-electron chi connectivity index (χ2n) is 5.91. The number of nitrogens with zero attached hydrogens (tertiary/aromatic N) is 3. The van der Waals surface area contributed by atoms with E-state index < -0.39 is 30.8 Å². The number of nitrogens with one attached hydrogen (secondary N) is 2. The van der Waals surface area contributed by atoms with Gasteiger partial charge in [-0.15, -0.1) is 0 Å². The van der Waals surface area contributed by atoms with Crippen molar-refractivity contribution in [1.82, 2.24) is 15.0 Å². The Morgan fingerprint density at radius 2 is 1.72 bits per heavy atom. The molecule has 1 atom stereocenters. The first kappa shape index (κ1) is 19.1. The summed E-state index contributed by atoms with van der Waals surface area (Å²) in [5.74, 6) is -2.00. The summed E-state index contributed by atoms with van der Waals surface area (Å²) in [6, 6.07) is -1.89. The molecule has 0 saturated carbocycles. The molecule has 2 N–H and O–H groups in total. The number of carbonyl (C=O) groups excluding carboxylic acids is 1. The molecule has 0 saturated heterocycles. The summed E-state index contributed by atoms with van der Waals surface area (Å²) in [5, 5.41) is 5.05. The Balaban J connectivity index is 2.43. The van der Waals surface area contributed by atoms with Crippen molar-refractivity contribution < 1.29 is 22.4 Å². The van der Waals surface area contributed by atoms with Gasteiger partial charge >= 0.3 is 0 Å². The lowest BCUT2D eigenvalue weighted by molar-refractivity contribution is -0.117. The van der Waals surface area contributed by atoms with Gasteiger partial charge in [-0.2, -0.15) is 15.0 Å². The largest absolute Gasteiger partial charge is 0.352 e. The van der Waals surface area contributed by atoms with Crippen LogP contribution >= 0.6 is 0 Å². The zero-order chi connectivity index (χ0) is 18.6. The van der Waals surface area contributed by atoms with Gasteiger partial charge in [-0.05, 0) is 26.7 Å². The van der Waals surface area contributed by atoms with E-state index in [1.54, 1.807) is 13.8 Å². The third-order valence-electron chi connectivity index (χ3n) is 3.45. The first-order valence-electron chi connectivity index (χ1n) is 7.87. The van der Waals surface area contributed by atoms with Gasteiger partial charge in [0.25, 0.3) is 6.43 Å². The summed E-state index contributed by atoms with van der Waals surface area (Å²) in [7, 11) is 0. The van der Waals surface area contributed by atoms with E-state index in [2.05, 4.69) is 25.6 Å². The number of anilines is 2. The molecular weight excluding hydrogens is 342 g/mol. The maximum absolute atomic E-state index is 14.1. The molecule has 138 valence electrons. The van der Waals surface area contributed by atoms with Crippen molar-refractivity contribution >= 4 is 23.3 Å². The van der Waals surface area contributed by atoms with Crippen molar-refractivity contribution in [2.45, 2.75) is 51.6 Å². The highest BCUT2D eigenvalue weighted by Crippen LogP contribution is 2.30. The van der Waals surface area contributed by atoms with Gasteiger partial charge in [0.15, 0.2) is 17.4 Å². The predicted octanol–water partition coefficient (Wildman–Crippen LogP) is 3.14. The number of hydrogen-bond acceptors (Lipinski definition) is 6. The fraction of sp³-hybridized carbons (Fsp3) is 0.600. The molecule has 2 rings (SSSR count). The van der Waals surface area contributed by atoms with Crippen molar-refractivity contribution in [3.63, 3.8) is 0 Å². The molecule has 1 aromatic heterocycles. The Labute approximate surface area is 142 Å². The fourth-order valence-electron chi connectivity index (χ4n) is 2.26. The van der Waals surface area contributed by atoms with E-state index in [0.717, 1.165) is 0 Å². The minimum Gasteiger partial charge on any atom is -0.352 e. The van der Waals surface area contributed by atoms with Gasteiger partial charge in [-0.1, -0.05) is 0 Å². The number of carbonyl (C=O) groups is 1. The van der Waals surface area contributed by atoms with E-state index in [1.165, 1.54) is 0 Å². The molecule has 0 fully saturated rings. The average Bonchev–Trinajstić information content (AvgIpc) is 2.54. The molecule has 0 aromatic carbocycles. The SMILES string of the molecule is CC(C)Nc1nc(NC(CF)C(F)F)nc(C2=C(F)C(=O)CCC2)n1. The number of alkyl halides is 3. The van der Waals surface area contributed by atoms with Crippen molar-refractivity contribution in [2.24, 2.45) is 0 Å². The lowest BCUT2D eigenvalue weighted by Gasteiger charge is -2.18. The van der Waals surface area contributed by atoms with Crippen LogP contribution in [-0.4, -0.2) is 45.9 Å². The molecule has 1 aromatic rings. The maximum Gasteiger partial charge on any atom is 0.261 e. The molecule has 0 radical (unpaired) electrons. The number of ketones is 1. The van der Waals surface area contributed by atoms with E-state index in [0.29, 0.717) is 6.42 Å². The molecule has 6 nitrogen and oxygen atoms in total. The Morgan fingerprint density at radius 3 is 2.28 bits per heavy atom. The number of halogens is 4. The number of allylic oxidation sites excluding steroid dienone is 2. The van der Waals surface area contributed by atoms with E-state index in [1.807, 2.05) is 0 Å². The Kier molecular flexibility index (Phi) is 6.27. The van der Waals surface area contributed by atoms with E-state index in [-0.39, 0.29) is 42.2 Å². The molecule has 1 heterocycles. The summed E-state index contributed by atoms with van der Waals surface area (Å²) in [6.07, 6.45) is -2.20. The number of hydrogen-bond donors (Lipinski definition) is 2. The summed E-state index contributed by atoms with van der Waals surface area (Å²) < 4.78 is 52.4. The van der Waals surface area contributed by atoms with Gasteiger partial charge in [-0.25, -0.2) is 17.6 Å². The van der Waals surface area contributed by atoms with Crippen molar-refractivity contribution in [3.05, 3.63) is 11.7 Å². The van der Waals surface area contributed by atoms with E-state index in [9.17, 15) is 22.4 Å². The molecule has 10 heteroatoms. The van der Waals surface area contributed by atoms with E-state index in [4.69, 9.17) is 0 Å². The summed E-state index contributed by atoms with van der Waals surface area (Å²) in [6.45, 7) is 2.26. The lowest BCUT2D eigenvalue weighted by Crippen LogP contribution is -2.31. The van der Waals surface area contributed by atoms with Gasteiger partial charge in [0.1, 0.15) is 12.7 Å². The van der Waals surface area contributed by atoms with Crippen LogP contribution in [0.1, 0.15) is 38.9 Å². The number of aromatic nitrogens is 3. The normalized spacial score (nSPS) is 16.6. The van der Waals surface area contributed by atoms with Crippen LogP contribution < -0.4 is 10.6 Å². The molecule has 25 heavy (non-hydrogen) atoms. The smallest absolute Gasteiger partial charge is 0.261 e. The molecule has 1 aliphatic carbocycles. The topological polar surface area (TPSA) is 79.8 Å². The third-order valence-corrected chi connectivity index (χ3v) is 3.45. The predicted molar refractivity (Wildman–Crippen MR) is 84.9 cm³/mol. The first-order chi connectivity index (χ1) is 11.8. The van der Waals surface area contributed by atoms with Gasteiger partial charge in [0, 0.05) is 18.0 Å². The monoisotopic (exact) mass is 361 g/mol. The molecule has 0 spiro atoms. The van der Waals surface area contributed by atoms with Crippen LogP contribution in [0.3, 0.4) is 0 Å². The maximum atomic E-state index is 14.1. The van der Waals surface area contributed by atoms with Crippen LogP contribution in [0.2, 0.25) is 0 Å². The molecule has 0 bridgehead atoms. The van der Waals surface area contributed by atoms with Crippen LogP contribution in [0.25, 0.3) is 5.57 Å². The summed E-state index contributed by atoms with van der Waals surface area (Å²) in [4.78, 5) is 23.4. The Hall–Kier alpha value is -2.26. The van der Waals surface area contributed by atoms with Crippen LogP contribution in [0.5, 0.6) is 0 Å². The quantitative estimate of drug-likeness (QED) is 0.727. The van der Waals surface area contributed by atoms with Crippen LogP contribution in [0, 0.1) is 0 Å². The average molecular weight is 361 g/mol. The van der Waals surface area contributed by atoms with Crippen LogP contribution in [0.4, 0.5) is 29.5 Å². The number of Topliss-reactive ketones (excluding diaryl/α,β-unsaturated/α-hetero) is 1.